The molecular formula is C82H158N2O35P2. The van der Waals surface area contributed by atoms with Crippen molar-refractivity contribution in [3.05, 3.63) is 12.2 Å². The van der Waals surface area contributed by atoms with Gasteiger partial charge >= 0.3 is 27.6 Å². The molecule has 1 saturated carbocycles. The number of allylic oxidation sites excluding steroid dienone is 2. The summed E-state index contributed by atoms with van der Waals surface area (Å²) in [6.45, 7) is -1.47. The van der Waals surface area contributed by atoms with Crippen molar-refractivity contribution in [2.75, 3.05) is 59.9 Å². The molecule has 15 unspecified atom stereocenters. The molecule has 0 aromatic carbocycles. The van der Waals surface area contributed by atoms with Crippen molar-refractivity contribution in [3.8, 4) is 0 Å². The molecule has 3 aliphatic rings. The molecule has 37 nitrogen and oxygen atoms in total. The number of ether oxygens (including phenoxy) is 9. The van der Waals surface area contributed by atoms with Gasteiger partial charge in [-0.2, -0.15) is 0 Å². The minimum atomic E-state index is -5.59. The zero-order chi connectivity index (χ0) is 89.6. The summed E-state index contributed by atoms with van der Waals surface area (Å²) in [6, 6.07) is -1.88. The zero-order valence-electron chi connectivity index (χ0n) is 72.0. The van der Waals surface area contributed by atoms with Gasteiger partial charge in [0.15, 0.2) is 31.3 Å². The number of methoxy groups -OCH3 is 1. The number of carbonyl (C=O) groups is 2. The third-order valence-corrected chi connectivity index (χ3v) is 24.1. The average Bonchev–Trinajstić information content (AvgIpc) is 0.757. The number of aliphatic hydroxyl groups excluding tert-OH is 16. The predicted molar refractivity (Wildman–Crippen MR) is 442 cm³/mol. The lowest BCUT2D eigenvalue weighted by atomic mass is 9.84. The van der Waals surface area contributed by atoms with E-state index in [1.54, 1.807) is 0 Å². The Morgan fingerprint density at radius 1 is 0.463 bits per heavy atom. The van der Waals surface area contributed by atoms with Gasteiger partial charge in [-0.25, -0.2) is 9.13 Å². The van der Waals surface area contributed by atoms with Crippen molar-refractivity contribution >= 4 is 27.6 Å². The van der Waals surface area contributed by atoms with Crippen LogP contribution in [0, 0.1) is 0 Å². The maximum Gasteiger partial charge on any atom is 0.472 e. The normalized spacial score (nSPS) is 27.5. The van der Waals surface area contributed by atoms with E-state index in [1.165, 1.54) is 154 Å². The molecule has 39 heteroatoms. The molecule has 0 radical (unpaired) electrons. The quantitative estimate of drug-likeness (QED) is 0.0126. The minimum Gasteiger partial charge on any atom is -0.463 e. The zero-order valence-corrected chi connectivity index (χ0v) is 73.8. The Hall–Kier alpha value is -2.10. The number of esters is 2. The van der Waals surface area contributed by atoms with Crippen LogP contribution < -0.4 is 11.5 Å². The Morgan fingerprint density at radius 3 is 1.41 bits per heavy atom. The molecule has 3 rings (SSSR count). The van der Waals surface area contributed by atoms with Gasteiger partial charge < -0.3 is 146 Å². The van der Waals surface area contributed by atoms with Crippen molar-refractivity contribution in [2.24, 2.45) is 11.5 Å². The lowest BCUT2D eigenvalue weighted by Crippen LogP contribution is -2.69. The molecule has 2 saturated heterocycles. The molecule has 716 valence electrons. The summed E-state index contributed by atoms with van der Waals surface area (Å²) in [7, 11) is -9.45. The minimum absolute atomic E-state index is 0.0497. The van der Waals surface area contributed by atoms with Gasteiger partial charge in [-0.15, -0.1) is 0 Å². The maximum absolute atomic E-state index is 14.0. The van der Waals surface area contributed by atoms with E-state index in [1.807, 2.05) is 0 Å². The fourth-order valence-electron chi connectivity index (χ4n) is 14.7. The van der Waals surface area contributed by atoms with Crippen LogP contribution in [0.2, 0.25) is 0 Å². The molecule has 0 aromatic rings. The van der Waals surface area contributed by atoms with E-state index >= 15 is 0 Å². The summed E-state index contributed by atoms with van der Waals surface area (Å²) in [5, 5.41) is 176. The standard InChI is InChI=1S/C82H158N2O35P2/c1-4-6-8-10-12-14-16-18-19-20-21-22-23-24-25-26-27-28-29-30-31-33-34-36-38-40-42-44-61(90)109-53-56(87)54-111-121(105,106)119-78-75(115-62(91)45-43-41-39-37-35-32-17-15-13-11-9-7-5-2)70(98)69(97)71(99)76(78)117-80-63(84)67(95)74(59(52-86)113-80)116-81(107-3)72(100)64(92)58(89)47-50-108-79(102)77(65(93)57(88)46-49-85)118-82-73(101)68(96)66(94)60(114-82)55-112-120(103,104)110-51-48-83/h18-19,56-60,63-82,85-89,92-102H,4-17,20-55,83-84H2,1-3H3,(H,103,104)(H,105,106)/b19-18-/t56-,57-,58-,59?,60?,63?,64?,65?,66+,67-,68?,69?,70-,71?,72?,73?,74-,75?,76-,77?,78?,79-,80-,81-,82-/m1/s1. The Bertz CT molecular complexity index is 2710. The molecule has 121 heavy (non-hydrogen) atoms. The van der Waals surface area contributed by atoms with Crippen molar-refractivity contribution in [2.45, 2.75) is 437 Å². The second-order valence-electron chi connectivity index (χ2n) is 32.4. The number of carbonyl (C=O) groups excluding carboxylic acids is 2. The van der Waals surface area contributed by atoms with E-state index in [4.69, 9.17) is 67.7 Å². The van der Waals surface area contributed by atoms with E-state index in [2.05, 4.69) is 30.5 Å². The summed E-state index contributed by atoms with van der Waals surface area (Å²) in [5.74, 6) is -1.61. The Balaban J connectivity index is 1.61. The summed E-state index contributed by atoms with van der Waals surface area (Å²) in [4.78, 5) is 47.5. The molecule has 2 heterocycles. The highest BCUT2D eigenvalue weighted by atomic mass is 31.2. The lowest BCUT2D eigenvalue weighted by Gasteiger charge is -2.48. The van der Waals surface area contributed by atoms with Crippen LogP contribution >= 0.6 is 15.6 Å². The Kier molecular flexibility index (Phi) is 61.9. The van der Waals surface area contributed by atoms with Crippen LogP contribution in [0.25, 0.3) is 0 Å². The molecule has 0 aromatic heterocycles. The molecule has 3 fully saturated rings. The summed E-state index contributed by atoms with van der Waals surface area (Å²) < 4.78 is 96.5. The first-order chi connectivity index (χ1) is 57.9. The highest BCUT2D eigenvalue weighted by Gasteiger charge is 2.58. The number of phosphoric acid groups is 2. The van der Waals surface area contributed by atoms with E-state index < -0.39 is 240 Å². The molecule has 1 aliphatic carbocycles. The fourth-order valence-corrected chi connectivity index (χ4v) is 16.4. The number of aliphatic hydroxyl groups is 16. The largest absolute Gasteiger partial charge is 0.472 e. The van der Waals surface area contributed by atoms with Gasteiger partial charge in [-0.1, -0.05) is 231 Å². The fraction of sp³-hybridized carbons (Fsp3) is 0.951. The molecule has 27 atom stereocenters. The molecule has 2 aliphatic heterocycles. The van der Waals surface area contributed by atoms with Gasteiger partial charge in [-0.3, -0.25) is 27.7 Å². The van der Waals surface area contributed by atoms with E-state index in [0.29, 0.717) is 19.3 Å². The molecule has 22 N–H and O–H groups in total. The molecule has 0 bridgehead atoms. The van der Waals surface area contributed by atoms with Crippen molar-refractivity contribution in [1.82, 2.24) is 0 Å². The van der Waals surface area contributed by atoms with Crippen molar-refractivity contribution < 1.29 is 171 Å². The topological polar surface area (TPSA) is 604 Å². The van der Waals surface area contributed by atoms with Crippen LogP contribution in [0.1, 0.15) is 284 Å². The third-order valence-electron chi connectivity index (χ3n) is 22.1. The van der Waals surface area contributed by atoms with Crippen molar-refractivity contribution in [3.63, 3.8) is 0 Å². The van der Waals surface area contributed by atoms with E-state index in [-0.39, 0.29) is 19.4 Å². The first-order valence-corrected chi connectivity index (χ1v) is 47.8. The van der Waals surface area contributed by atoms with Crippen LogP contribution in [0.5, 0.6) is 0 Å². The highest BCUT2D eigenvalue weighted by molar-refractivity contribution is 7.47. The van der Waals surface area contributed by atoms with Crippen LogP contribution in [-0.2, 0) is 79.4 Å². The van der Waals surface area contributed by atoms with Crippen molar-refractivity contribution in [1.29, 1.82) is 0 Å². The van der Waals surface area contributed by atoms with Crippen LogP contribution in [-0.4, -0.2) is 317 Å². The van der Waals surface area contributed by atoms with Gasteiger partial charge in [-0.05, 0) is 51.4 Å². The van der Waals surface area contributed by atoms with E-state index in [9.17, 15) is 110 Å². The monoisotopic (exact) mass is 1790 g/mol. The number of hydrogen-bond acceptors (Lipinski definition) is 35. The maximum atomic E-state index is 14.0. The second kappa shape index (κ2) is 66.3. The number of hydrogen-bond donors (Lipinski definition) is 20. The first kappa shape index (κ1) is 113. The summed E-state index contributed by atoms with van der Waals surface area (Å²) >= 11 is 0. The summed E-state index contributed by atoms with van der Waals surface area (Å²) in [6.07, 6.45) is -4.20. The molecule has 0 spiro atoms. The Morgan fingerprint density at radius 2 is 0.926 bits per heavy atom. The third kappa shape index (κ3) is 45.8. The molecular weight excluding hydrogens is 1630 g/mol. The second-order valence-corrected chi connectivity index (χ2v) is 35.3. The SMILES string of the molecule is CCCCCCCC/C=C\CCCCCCCCCCCCCCCCCCCC(=O)OC[C@@H](O)COP(=O)(O)OC1C(OC(=O)CCCCCCCCCCCCCCC)[C@H](O)C(O)C(O)[C@H]1O[C@H]1OC(CO)[C@@H](O[C@@H](OC)C(O)C(O)[C@H](O)CCO[C@@H](O)C(O[C@H]2OC(COP(=O)(O)OCCN)[C@H](O)C(O)C2O)C(O)[C@H](O)CCO)[C@H](O)C1N. The van der Waals surface area contributed by atoms with Crippen LogP contribution in [0.3, 0.4) is 0 Å². The van der Waals surface area contributed by atoms with Gasteiger partial charge in [0.25, 0.3) is 0 Å². The Labute approximate surface area is 715 Å². The van der Waals surface area contributed by atoms with Gasteiger partial charge in [0, 0.05) is 33.1 Å². The highest BCUT2D eigenvalue weighted by Crippen LogP contribution is 2.49. The molecule has 0 amide bonds. The van der Waals surface area contributed by atoms with Crippen LogP contribution in [0.15, 0.2) is 12.2 Å². The van der Waals surface area contributed by atoms with Gasteiger partial charge in [0.2, 0.25) is 0 Å². The summed E-state index contributed by atoms with van der Waals surface area (Å²) in [5.41, 5.74) is 11.8. The average molecular weight is 1790 g/mol. The van der Waals surface area contributed by atoms with Crippen LogP contribution in [0.4, 0.5) is 0 Å². The number of nitrogens with two attached hydrogens (primary N) is 2. The number of phosphoric ester groups is 2. The number of unbranched alkanes of at least 4 members (excludes halogenated alkanes) is 35. The van der Waals surface area contributed by atoms with E-state index in [0.717, 1.165) is 77.7 Å². The first-order valence-electron chi connectivity index (χ1n) is 44.8. The van der Waals surface area contributed by atoms with Gasteiger partial charge in [0.1, 0.15) is 110 Å². The smallest absolute Gasteiger partial charge is 0.463 e. The number of rotatable bonds is 75. The lowest BCUT2D eigenvalue weighted by molar-refractivity contribution is -0.340. The predicted octanol–water partition coefficient (Wildman–Crippen LogP) is 4.95. The van der Waals surface area contributed by atoms with Gasteiger partial charge in [0.05, 0.1) is 51.3 Å².